The van der Waals surface area contributed by atoms with Crippen molar-refractivity contribution in [2.24, 2.45) is 0 Å². The van der Waals surface area contributed by atoms with Crippen molar-refractivity contribution in [2.75, 3.05) is 6.54 Å². The molecule has 0 bridgehead atoms. The van der Waals surface area contributed by atoms with Crippen molar-refractivity contribution < 1.29 is 14.4 Å². The lowest BCUT2D eigenvalue weighted by Gasteiger charge is -2.17. The molecule has 1 fully saturated rings. The molecule has 1 aliphatic heterocycles. The largest absolute Gasteiger partial charge is 0.350 e. The number of carbonyl (C=O) groups excluding carboxylic acids is 3. The number of amides is 3. The number of rotatable bonds is 5. The second-order valence-electron chi connectivity index (χ2n) is 5.03. The molecule has 1 atom stereocenters. The Labute approximate surface area is 128 Å². The Bertz CT molecular complexity index is 541. The summed E-state index contributed by atoms with van der Waals surface area (Å²) in [6.45, 7) is 2.02. The Morgan fingerprint density at radius 1 is 1.24 bits per heavy atom. The Balaban J connectivity index is 1.83. The molecule has 21 heavy (non-hydrogen) atoms. The number of hydrogen-bond acceptors (Lipinski definition) is 3. The van der Waals surface area contributed by atoms with Crippen LogP contribution >= 0.6 is 11.6 Å². The van der Waals surface area contributed by atoms with Crippen LogP contribution in [0.4, 0.5) is 0 Å². The minimum atomic E-state index is -0.196. The molecule has 1 aliphatic rings. The average Bonchev–Trinajstić information content (AvgIpc) is 2.76. The third-order valence-electron chi connectivity index (χ3n) is 3.46. The molecule has 0 unspecified atom stereocenters. The molecule has 1 aromatic rings. The van der Waals surface area contributed by atoms with Crippen LogP contribution in [-0.2, 0) is 14.4 Å². The van der Waals surface area contributed by atoms with Crippen molar-refractivity contribution in [3.63, 3.8) is 0 Å². The number of nitrogens with zero attached hydrogens (tertiary/aromatic N) is 1. The van der Waals surface area contributed by atoms with Crippen LogP contribution in [0.3, 0.4) is 0 Å². The Morgan fingerprint density at radius 2 is 1.81 bits per heavy atom. The minimum absolute atomic E-state index is 0.120. The van der Waals surface area contributed by atoms with Gasteiger partial charge in [-0.1, -0.05) is 23.7 Å². The van der Waals surface area contributed by atoms with Gasteiger partial charge in [-0.2, -0.15) is 0 Å². The summed E-state index contributed by atoms with van der Waals surface area (Å²) in [6.07, 6.45) is 0.624. The second kappa shape index (κ2) is 6.72. The molecule has 6 heteroatoms. The molecule has 1 N–H and O–H groups in total. The van der Waals surface area contributed by atoms with Crippen LogP contribution in [0.2, 0.25) is 5.02 Å². The fourth-order valence-corrected chi connectivity index (χ4v) is 2.36. The molecule has 1 aromatic carbocycles. The fraction of sp³-hybridized carbons (Fsp3) is 0.400. The lowest BCUT2D eigenvalue weighted by atomic mass is 10.1. The molecular formula is C15H17ClN2O3. The van der Waals surface area contributed by atoms with Crippen molar-refractivity contribution in [1.29, 1.82) is 0 Å². The van der Waals surface area contributed by atoms with Gasteiger partial charge in [0, 0.05) is 30.8 Å². The van der Waals surface area contributed by atoms with Gasteiger partial charge >= 0.3 is 0 Å². The van der Waals surface area contributed by atoms with E-state index in [2.05, 4.69) is 5.32 Å². The number of hydrogen-bond donors (Lipinski definition) is 1. The zero-order valence-corrected chi connectivity index (χ0v) is 12.5. The third-order valence-corrected chi connectivity index (χ3v) is 3.72. The van der Waals surface area contributed by atoms with E-state index >= 15 is 0 Å². The van der Waals surface area contributed by atoms with Crippen LogP contribution in [0.15, 0.2) is 24.3 Å². The van der Waals surface area contributed by atoms with Gasteiger partial charge in [0.1, 0.15) is 0 Å². The van der Waals surface area contributed by atoms with Gasteiger partial charge in [0.2, 0.25) is 17.7 Å². The molecule has 1 saturated heterocycles. The predicted octanol–water partition coefficient (Wildman–Crippen LogP) is 2.06. The van der Waals surface area contributed by atoms with Crippen molar-refractivity contribution in [3.05, 3.63) is 34.9 Å². The highest BCUT2D eigenvalue weighted by atomic mass is 35.5. The topological polar surface area (TPSA) is 66.5 Å². The number of benzene rings is 1. The number of nitrogens with one attached hydrogen (secondary N) is 1. The number of imide groups is 1. The zero-order valence-electron chi connectivity index (χ0n) is 11.8. The van der Waals surface area contributed by atoms with Crippen LogP contribution in [0.25, 0.3) is 0 Å². The first-order valence-electron chi connectivity index (χ1n) is 6.85. The van der Waals surface area contributed by atoms with Gasteiger partial charge in [0.25, 0.3) is 0 Å². The first-order valence-corrected chi connectivity index (χ1v) is 7.23. The van der Waals surface area contributed by atoms with Gasteiger partial charge in [-0.15, -0.1) is 0 Å². The van der Waals surface area contributed by atoms with Crippen molar-refractivity contribution in [3.8, 4) is 0 Å². The fourth-order valence-electron chi connectivity index (χ4n) is 2.23. The molecule has 0 aliphatic carbocycles. The lowest BCUT2D eigenvalue weighted by Crippen LogP contribution is -2.34. The van der Waals surface area contributed by atoms with E-state index in [1.54, 1.807) is 12.1 Å². The van der Waals surface area contributed by atoms with Crippen molar-refractivity contribution >= 4 is 29.3 Å². The minimum Gasteiger partial charge on any atom is -0.350 e. The maximum atomic E-state index is 11.9. The highest BCUT2D eigenvalue weighted by molar-refractivity contribution is 6.30. The molecule has 0 radical (unpaired) electrons. The number of halogens is 1. The first-order chi connectivity index (χ1) is 9.97. The van der Waals surface area contributed by atoms with Gasteiger partial charge in [-0.05, 0) is 24.6 Å². The summed E-state index contributed by atoms with van der Waals surface area (Å²) >= 11 is 5.82. The van der Waals surface area contributed by atoms with E-state index in [1.165, 1.54) is 0 Å². The maximum absolute atomic E-state index is 11.9. The molecule has 5 nitrogen and oxygen atoms in total. The van der Waals surface area contributed by atoms with Crippen LogP contribution < -0.4 is 5.32 Å². The number of likely N-dealkylation sites (tertiary alicyclic amines) is 1. The van der Waals surface area contributed by atoms with E-state index in [4.69, 9.17) is 11.6 Å². The van der Waals surface area contributed by atoms with Crippen molar-refractivity contribution in [1.82, 2.24) is 10.2 Å². The lowest BCUT2D eigenvalue weighted by molar-refractivity contribution is -0.138. The molecule has 0 spiro atoms. The number of carbonyl (C=O) groups is 3. The van der Waals surface area contributed by atoms with Crippen LogP contribution in [-0.4, -0.2) is 29.2 Å². The van der Waals surface area contributed by atoms with E-state index in [0.29, 0.717) is 5.02 Å². The summed E-state index contributed by atoms with van der Waals surface area (Å²) in [6, 6.07) is 7.07. The van der Waals surface area contributed by atoms with Gasteiger partial charge < -0.3 is 5.32 Å². The molecule has 0 aromatic heterocycles. The zero-order chi connectivity index (χ0) is 15.4. The molecular weight excluding hydrogens is 292 g/mol. The molecule has 112 valence electrons. The third kappa shape index (κ3) is 4.04. The Hall–Kier alpha value is -1.88. The predicted molar refractivity (Wildman–Crippen MR) is 78.6 cm³/mol. The molecule has 0 saturated carbocycles. The Kier molecular flexibility index (Phi) is 4.96. The highest BCUT2D eigenvalue weighted by Crippen LogP contribution is 2.16. The molecule has 1 heterocycles. The van der Waals surface area contributed by atoms with E-state index < -0.39 is 0 Å². The van der Waals surface area contributed by atoms with Crippen LogP contribution in [0.1, 0.15) is 37.8 Å². The van der Waals surface area contributed by atoms with Gasteiger partial charge in [0.05, 0.1) is 6.04 Å². The van der Waals surface area contributed by atoms with E-state index in [1.807, 2.05) is 19.1 Å². The molecule has 3 amide bonds. The SMILES string of the molecule is C[C@@H](NC(=O)CCN1C(=O)CCC1=O)c1ccc(Cl)cc1. The van der Waals surface area contributed by atoms with Crippen LogP contribution in [0, 0.1) is 0 Å². The van der Waals surface area contributed by atoms with E-state index in [0.717, 1.165) is 10.5 Å². The monoisotopic (exact) mass is 308 g/mol. The summed E-state index contributed by atoms with van der Waals surface area (Å²) in [7, 11) is 0. The van der Waals surface area contributed by atoms with Crippen molar-refractivity contribution in [2.45, 2.75) is 32.2 Å². The second-order valence-corrected chi connectivity index (χ2v) is 5.47. The van der Waals surface area contributed by atoms with E-state index in [-0.39, 0.29) is 49.6 Å². The Morgan fingerprint density at radius 3 is 2.38 bits per heavy atom. The highest BCUT2D eigenvalue weighted by Gasteiger charge is 2.28. The first kappa shape index (κ1) is 15.5. The quantitative estimate of drug-likeness (QED) is 0.847. The summed E-state index contributed by atoms with van der Waals surface area (Å²) in [5.41, 5.74) is 0.945. The maximum Gasteiger partial charge on any atom is 0.229 e. The van der Waals surface area contributed by atoms with Gasteiger partial charge in [-0.3, -0.25) is 19.3 Å². The summed E-state index contributed by atoms with van der Waals surface area (Å²) < 4.78 is 0. The summed E-state index contributed by atoms with van der Waals surface area (Å²) in [4.78, 5) is 35.9. The van der Waals surface area contributed by atoms with Gasteiger partial charge in [-0.25, -0.2) is 0 Å². The van der Waals surface area contributed by atoms with E-state index in [9.17, 15) is 14.4 Å². The molecule has 2 rings (SSSR count). The summed E-state index contributed by atoms with van der Waals surface area (Å²) in [5, 5.41) is 3.48. The average molecular weight is 309 g/mol. The standard InChI is InChI=1S/C15H17ClN2O3/c1-10(11-2-4-12(16)5-3-11)17-13(19)8-9-18-14(20)6-7-15(18)21/h2-5,10H,6-9H2,1H3,(H,17,19)/t10-/m1/s1. The smallest absolute Gasteiger partial charge is 0.229 e. The van der Waals surface area contributed by atoms with Crippen LogP contribution in [0.5, 0.6) is 0 Å². The van der Waals surface area contributed by atoms with Gasteiger partial charge in [0.15, 0.2) is 0 Å². The normalized spacial score (nSPS) is 16.2. The summed E-state index contributed by atoms with van der Waals surface area (Å²) in [5.74, 6) is -0.581.